The van der Waals surface area contributed by atoms with Crippen molar-refractivity contribution in [3.8, 4) is 6.07 Å². The van der Waals surface area contributed by atoms with Gasteiger partial charge < -0.3 is 5.32 Å². The number of carbonyl (C=O) groups is 1. The second-order valence-electron chi connectivity index (χ2n) is 5.51. The Morgan fingerprint density at radius 1 is 1.24 bits per heavy atom. The van der Waals surface area contributed by atoms with E-state index in [0.29, 0.717) is 13.1 Å². The molecule has 5 nitrogen and oxygen atoms in total. The maximum atomic E-state index is 11.7. The first-order valence-electron chi connectivity index (χ1n) is 6.03. The van der Waals surface area contributed by atoms with E-state index in [0.717, 1.165) is 26.2 Å². The van der Waals surface area contributed by atoms with E-state index < -0.39 is 0 Å². The molecule has 1 aliphatic rings. The largest absolute Gasteiger partial charge is 0.350 e. The van der Waals surface area contributed by atoms with Gasteiger partial charge in [-0.15, -0.1) is 0 Å². The molecule has 0 bridgehead atoms. The van der Waals surface area contributed by atoms with Crippen molar-refractivity contribution in [3.05, 3.63) is 0 Å². The third-order valence-electron chi connectivity index (χ3n) is 2.64. The van der Waals surface area contributed by atoms with E-state index in [4.69, 9.17) is 5.26 Å². The Morgan fingerprint density at radius 2 is 1.76 bits per heavy atom. The lowest BCUT2D eigenvalue weighted by molar-refractivity contribution is -0.124. The van der Waals surface area contributed by atoms with Crippen molar-refractivity contribution >= 4 is 5.91 Å². The molecule has 0 saturated carbocycles. The molecule has 0 aliphatic carbocycles. The molecule has 0 spiro atoms. The summed E-state index contributed by atoms with van der Waals surface area (Å²) in [7, 11) is 0. The summed E-state index contributed by atoms with van der Waals surface area (Å²) < 4.78 is 0. The Labute approximate surface area is 103 Å². The molecular formula is C12H22N4O. The summed E-state index contributed by atoms with van der Waals surface area (Å²) in [6.07, 6.45) is 0. The number of amides is 1. The molecule has 1 heterocycles. The standard InChI is InChI=1S/C12H22N4O/c1-12(2,3)14-11(17)10-16-8-6-15(5-4-13)7-9-16/h5-10H2,1-3H3,(H,14,17). The predicted octanol–water partition coefficient (Wildman–Crippen LogP) is 0.0423. The summed E-state index contributed by atoms with van der Waals surface area (Å²) in [6.45, 7) is 10.4. The van der Waals surface area contributed by atoms with Crippen LogP contribution in [0, 0.1) is 11.3 Å². The van der Waals surface area contributed by atoms with Gasteiger partial charge in [0.1, 0.15) is 0 Å². The summed E-state index contributed by atoms with van der Waals surface area (Å²) in [4.78, 5) is 16.0. The van der Waals surface area contributed by atoms with Gasteiger partial charge >= 0.3 is 0 Å². The normalized spacial score (nSPS) is 18.7. The van der Waals surface area contributed by atoms with Crippen LogP contribution in [0.2, 0.25) is 0 Å². The second kappa shape index (κ2) is 5.99. The van der Waals surface area contributed by atoms with E-state index in [2.05, 4.69) is 21.2 Å². The summed E-state index contributed by atoms with van der Waals surface area (Å²) in [5.41, 5.74) is -0.167. The monoisotopic (exact) mass is 238 g/mol. The molecule has 1 amide bonds. The number of hydrogen-bond acceptors (Lipinski definition) is 4. The van der Waals surface area contributed by atoms with Gasteiger partial charge in [-0.05, 0) is 20.8 Å². The number of nitriles is 1. The summed E-state index contributed by atoms with van der Waals surface area (Å²) in [5.74, 6) is 0.0752. The lowest BCUT2D eigenvalue weighted by Gasteiger charge is -2.33. The maximum absolute atomic E-state index is 11.7. The van der Waals surface area contributed by atoms with Crippen molar-refractivity contribution in [2.24, 2.45) is 0 Å². The van der Waals surface area contributed by atoms with Gasteiger partial charge in [0.2, 0.25) is 5.91 Å². The van der Waals surface area contributed by atoms with Crippen LogP contribution < -0.4 is 5.32 Å². The number of rotatable bonds is 3. The first kappa shape index (κ1) is 13.9. The zero-order valence-electron chi connectivity index (χ0n) is 11.0. The Morgan fingerprint density at radius 3 is 2.24 bits per heavy atom. The highest BCUT2D eigenvalue weighted by atomic mass is 16.2. The van der Waals surface area contributed by atoms with Gasteiger partial charge in [0.15, 0.2) is 0 Å². The molecule has 0 aromatic rings. The van der Waals surface area contributed by atoms with E-state index in [1.54, 1.807) is 0 Å². The quantitative estimate of drug-likeness (QED) is 0.705. The first-order chi connectivity index (χ1) is 7.90. The Balaban J connectivity index is 2.27. The fourth-order valence-electron chi connectivity index (χ4n) is 1.87. The van der Waals surface area contributed by atoms with Crippen molar-refractivity contribution in [3.63, 3.8) is 0 Å². The van der Waals surface area contributed by atoms with Gasteiger partial charge in [-0.3, -0.25) is 14.6 Å². The van der Waals surface area contributed by atoms with Crippen LogP contribution in [0.4, 0.5) is 0 Å². The highest BCUT2D eigenvalue weighted by Gasteiger charge is 2.20. The van der Waals surface area contributed by atoms with Crippen molar-refractivity contribution in [2.75, 3.05) is 39.3 Å². The fourth-order valence-corrected chi connectivity index (χ4v) is 1.87. The van der Waals surface area contributed by atoms with Crippen LogP contribution in [0.5, 0.6) is 0 Å². The molecule has 1 rings (SSSR count). The zero-order chi connectivity index (χ0) is 12.9. The van der Waals surface area contributed by atoms with Crippen LogP contribution in [0.15, 0.2) is 0 Å². The van der Waals surface area contributed by atoms with Crippen molar-refractivity contribution < 1.29 is 4.79 Å². The molecule has 1 N–H and O–H groups in total. The van der Waals surface area contributed by atoms with Gasteiger partial charge in [0, 0.05) is 31.7 Å². The van der Waals surface area contributed by atoms with E-state index in [1.807, 2.05) is 20.8 Å². The van der Waals surface area contributed by atoms with E-state index >= 15 is 0 Å². The molecule has 96 valence electrons. The van der Waals surface area contributed by atoms with E-state index in [9.17, 15) is 4.79 Å². The molecule has 0 aromatic carbocycles. The van der Waals surface area contributed by atoms with Gasteiger partial charge in [-0.2, -0.15) is 5.26 Å². The molecule has 0 atom stereocenters. The predicted molar refractivity (Wildman–Crippen MR) is 66.4 cm³/mol. The third-order valence-corrected chi connectivity index (χ3v) is 2.64. The lowest BCUT2D eigenvalue weighted by Crippen LogP contribution is -2.51. The average molecular weight is 238 g/mol. The minimum absolute atomic E-state index is 0.0752. The maximum Gasteiger partial charge on any atom is 0.234 e. The minimum atomic E-state index is -0.167. The average Bonchev–Trinajstić information content (AvgIpc) is 2.18. The molecule has 1 fully saturated rings. The molecule has 5 heteroatoms. The number of nitrogens with one attached hydrogen (secondary N) is 1. The number of piperazine rings is 1. The molecule has 0 unspecified atom stereocenters. The van der Waals surface area contributed by atoms with Crippen LogP contribution >= 0.6 is 0 Å². The summed E-state index contributed by atoms with van der Waals surface area (Å²) in [5, 5.41) is 11.5. The van der Waals surface area contributed by atoms with Gasteiger partial charge in [-0.25, -0.2) is 0 Å². The third kappa shape index (κ3) is 5.66. The number of nitrogens with zero attached hydrogens (tertiary/aromatic N) is 3. The summed E-state index contributed by atoms with van der Waals surface area (Å²) >= 11 is 0. The van der Waals surface area contributed by atoms with Gasteiger partial charge in [0.25, 0.3) is 0 Å². The number of carbonyl (C=O) groups excluding carboxylic acids is 1. The SMILES string of the molecule is CC(C)(C)NC(=O)CN1CCN(CC#N)CC1. The summed E-state index contributed by atoms with van der Waals surface area (Å²) in [6, 6.07) is 2.15. The van der Waals surface area contributed by atoms with Crippen molar-refractivity contribution in [1.82, 2.24) is 15.1 Å². The lowest BCUT2D eigenvalue weighted by atomic mass is 10.1. The molecule has 0 aromatic heterocycles. The zero-order valence-corrected chi connectivity index (χ0v) is 11.0. The first-order valence-corrected chi connectivity index (χ1v) is 6.03. The number of hydrogen-bond donors (Lipinski definition) is 1. The highest BCUT2D eigenvalue weighted by Crippen LogP contribution is 2.02. The van der Waals surface area contributed by atoms with Crippen LogP contribution in [0.1, 0.15) is 20.8 Å². The van der Waals surface area contributed by atoms with Crippen molar-refractivity contribution in [2.45, 2.75) is 26.3 Å². The highest BCUT2D eigenvalue weighted by molar-refractivity contribution is 5.78. The van der Waals surface area contributed by atoms with Gasteiger partial charge in [-0.1, -0.05) is 0 Å². The molecular weight excluding hydrogens is 216 g/mol. The molecule has 0 radical (unpaired) electrons. The Kier molecular flexibility index (Phi) is 4.91. The van der Waals surface area contributed by atoms with Crippen LogP contribution in [-0.2, 0) is 4.79 Å². The van der Waals surface area contributed by atoms with Gasteiger partial charge in [0.05, 0.1) is 19.2 Å². The smallest absolute Gasteiger partial charge is 0.234 e. The molecule has 17 heavy (non-hydrogen) atoms. The minimum Gasteiger partial charge on any atom is -0.350 e. The van der Waals surface area contributed by atoms with Crippen LogP contribution in [0.3, 0.4) is 0 Å². The fraction of sp³-hybridized carbons (Fsp3) is 0.833. The van der Waals surface area contributed by atoms with E-state index in [1.165, 1.54) is 0 Å². The molecule has 1 aliphatic heterocycles. The Hall–Kier alpha value is -1.12. The van der Waals surface area contributed by atoms with Crippen molar-refractivity contribution in [1.29, 1.82) is 5.26 Å². The second-order valence-corrected chi connectivity index (χ2v) is 5.51. The van der Waals surface area contributed by atoms with Crippen LogP contribution in [0.25, 0.3) is 0 Å². The van der Waals surface area contributed by atoms with Crippen LogP contribution in [-0.4, -0.2) is 60.5 Å². The Bertz CT molecular complexity index is 295. The van der Waals surface area contributed by atoms with E-state index in [-0.39, 0.29) is 11.4 Å². The topological polar surface area (TPSA) is 59.4 Å². The molecule has 1 saturated heterocycles.